The summed E-state index contributed by atoms with van der Waals surface area (Å²) in [5.41, 5.74) is 6.26. The summed E-state index contributed by atoms with van der Waals surface area (Å²) < 4.78 is 0. The smallest absolute Gasteiger partial charge is 0.0790 e. The third kappa shape index (κ3) is 2.83. The molecule has 0 amide bonds. The maximum absolute atomic E-state index is 4.40. The molecule has 1 heterocycles. The van der Waals surface area contributed by atoms with Gasteiger partial charge in [0.2, 0.25) is 0 Å². The first-order chi connectivity index (χ1) is 9.93. The van der Waals surface area contributed by atoms with Crippen molar-refractivity contribution in [1.82, 2.24) is 10.4 Å². The third-order valence-corrected chi connectivity index (χ3v) is 3.08. The average molecular weight is 261 g/mol. The van der Waals surface area contributed by atoms with Gasteiger partial charge in [-0.25, -0.2) is 0 Å². The first-order valence-corrected chi connectivity index (χ1v) is 6.57. The normalized spacial score (nSPS) is 11.0. The number of pyridine rings is 1. The fourth-order valence-corrected chi connectivity index (χ4v) is 2.08. The number of nitrogens with one attached hydrogen (secondary N) is 1. The second kappa shape index (κ2) is 5.97. The number of fused-ring (bicyclic) bond motifs is 1. The molecule has 0 saturated carbocycles. The molecule has 0 atom stereocenters. The Morgan fingerprint density at radius 1 is 0.950 bits per heavy atom. The second-order valence-electron chi connectivity index (χ2n) is 4.50. The molecule has 3 aromatic rings. The van der Waals surface area contributed by atoms with Gasteiger partial charge in [0.1, 0.15) is 0 Å². The molecule has 0 aliphatic heterocycles. The Bertz CT molecular complexity index is 715. The Morgan fingerprint density at radius 3 is 2.70 bits per heavy atom. The zero-order valence-corrected chi connectivity index (χ0v) is 11.0. The molecule has 2 aromatic carbocycles. The van der Waals surface area contributed by atoms with Gasteiger partial charge < -0.3 is 5.43 Å². The third-order valence-electron chi connectivity index (χ3n) is 3.08. The van der Waals surface area contributed by atoms with Crippen LogP contribution in [0.5, 0.6) is 0 Å². The zero-order chi connectivity index (χ0) is 13.6. The van der Waals surface area contributed by atoms with Gasteiger partial charge in [0.15, 0.2) is 0 Å². The lowest BCUT2D eigenvalue weighted by Gasteiger charge is -2.02. The monoisotopic (exact) mass is 261 g/mol. The van der Waals surface area contributed by atoms with Crippen molar-refractivity contribution in [2.24, 2.45) is 5.10 Å². The van der Waals surface area contributed by atoms with Crippen molar-refractivity contribution in [3.8, 4) is 0 Å². The number of hydrogen-bond acceptors (Lipinski definition) is 3. The van der Waals surface area contributed by atoms with Crippen LogP contribution in [0, 0.1) is 0 Å². The van der Waals surface area contributed by atoms with E-state index in [0.717, 1.165) is 23.0 Å². The Hall–Kier alpha value is -2.68. The molecule has 0 unspecified atom stereocenters. The molecule has 0 spiro atoms. The van der Waals surface area contributed by atoms with Crippen molar-refractivity contribution in [2.75, 3.05) is 0 Å². The molecule has 1 N–H and O–H groups in total. The minimum Gasteiger partial charge on any atom is -0.306 e. The van der Waals surface area contributed by atoms with E-state index in [0.29, 0.717) is 0 Å². The summed E-state index contributed by atoms with van der Waals surface area (Å²) in [7, 11) is 0. The molecule has 3 nitrogen and oxygen atoms in total. The van der Waals surface area contributed by atoms with E-state index in [1.54, 1.807) is 6.20 Å². The van der Waals surface area contributed by atoms with Crippen molar-refractivity contribution in [2.45, 2.75) is 6.54 Å². The van der Waals surface area contributed by atoms with Crippen LogP contribution < -0.4 is 5.43 Å². The molecule has 98 valence electrons. The highest BCUT2D eigenvalue weighted by atomic mass is 15.3. The molecular formula is C17H15N3. The highest BCUT2D eigenvalue weighted by Gasteiger charge is 1.98. The summed E-state index contributed by atoms with van der Waals surface area (Å²) in [5.74, 6) is 0. The van der Waals surface area contributed by atoms with Gasteiger partial charge in [-0.15, -0.1) is 0 Å². The van der Waals surface area contributed by atoms with E-state index in [-0.39, 0.29) is 0 Å². The molecule has 3 rings (SSSR count). The molecule has 1 aromatic heterocycles. The van der Waals surface area contributed by atoms with E-state index >= 15 is 0 Å². The summed E-state index contributed by atoms with van der Waals surface area (Å²) in [5, 5.41) is 5.40. The van der Waals surface area contributed by atoms with Gasteiger partial charge >= 0.3 is 0 Å². The number of hydrazone groups is 1. The van der Waals surface area contributed by atoms with E-state index in [9.17, 15) is 0 Å². The largest absolute Gasteiger partial charge is 0.306 e. The molecule has 0 aliphatic carbocycles. The predicted octanol–water partition coefficient (Wildman–Crippen LogP) is 3.36. The van der Waals surface area contributed by atoms with Gasteiger partial charge in [0.05, 0.1) is 18.3 Å². The highest BCUT2D eigenvalue weighted by molar-refractivity contribution is 5.97. The van der Waals surface area contributed by atoms with Crippen LogP contribution in [-0.4, -0.2) is 11.2 Å². The number of aromatic nitrogens is 1. The SMILES string of the molecule is C(=NNCc1ccccc1)c1cccc2cccnc12. The lowest BCUT2D eigenvalue weighted by Crippen LogP contribution is -2.05. The van der Waals surface area contributed by atoms with Crippen LogP contribution in [-0.2, 0) is 6.54 Å². The van der Waals surface area contributed by atoms with Gasteiger partial charge in [-0.2, -0.15) is 5.10 Å². The average Bonchev–Trinajstić information content (AvgIpc) is 2.53. The molecule has 3 heteroatoms. The van der Waals surface area contributed by atoms with E-state index in [1.165, 1.54) is 5.56 Å². The second-order valence-corrected chi connectivity index (χ2v) is 4.50. The Labute approximate surface area is 118 Å². The number of benzene rings is 2. The van der Waals surface area contributed by atoms with Gasteiger partial charge in [-0.05, 0) is 11.6 Å². The van der Waals surface area contributed by atoms with Gasteiger partial charge in [-0.1, -0.05) is 54.6 Å². The molecule has 0 fully saturated rings. The predicted molar refractivity (Wildman–Crippen MR) is 82.6 cm³/mol. The molecule has 0 bridgehead atoms. The number of para-hydroxylation sites is 1. The summed E-state index contributed by atoms with van der Waals surface area (Å²) in [6.07, 6.45) is 3.62. The number of nitrogens with zero attached hydrogens (tertiary/aromatic N) is 2. The van der Waals surface area contributed by atoms with Crippen LogP contribution >= 0.6 is 0 Å². The van der Waals surface area contributed by atoms with Crippen molar-refractivity contribution in [1.29, 1.82) is 0 Å². The minimum atomic E-state index is 0.718. The molecule has 20 heavy (non-hydrogen) atoms. The summed E-state index contributed by atoms with van der Waals surface area (Å²) >= 11 is 0. The van der Waals surface area contributed by atoms with Crippen molar-refractivity contribution in [3.63, 3.8) is 0 Å². The summed E-state index contributed by atoms with van der Waals surface area (Å²) in [6, 6.07) is 20.3. The van der Waals surface area contributed by atoms with Crippen LogP contribution in [0.15, 0.2) is 72.0 Å². The maximum atomic E-state index is 4.40. The lowest BCUT2D eigenvalue weighted by atomic mass is 10.1. The molecule has 0 radical (unpaired) electrons. The van der Waals surface area contributed by atoms with Crippen LogP contribution in [0.25, 0.3) is 10.9 Å². The summed E-state index contributed by atoms with van der Waals surface area (Å²) in [6.45, 7) is 0.718. The van der Waals surface area contributed by atoms with Gasteiger partial charge in [0.25, 0.3) is 0 Å². The Kier molecular flexibility index (Phi) is 3.69. The van der Waals surface area contributed by atoms with E-state index in [2.05, 4.69) is 39.8 Å². The lowest BCUT2D eigenvalue weighted by molar-refractivity contribution is 0.748. The maximum Gasteiger partial charge on any atom is 0.0790 e. The van der Waals surface area contributed by atoms with Crippen molar-refractivity contribution < 1.29 is 0 Å². The van der Waals surface area contributed by atoms with Crippen LogP contribution in [0.1, 0.15) is 11.1 Å². The first kappa shape index (κ1) is 12.4. The minimum absolute atomic E-state index is 0.718. The van der Waals surface area contributed by atoms with Crippen LogP contribution in [0.3, 0.4) is 0 Å². The first-order valence-electron chi connectivity index (χ1n) is 6.57. The van der Waals surface area contributed by atoms with Crippen LogP contribution in [0.4, 0.5) is 0 Å². The Morgan fingerprint density at radius 2 is 1.80 bits per heavy atom. The van der Waals surface area contributed by atoms with E-state index < -0.39 is 0 Å². The van der Waals surface area contributed by atoms with Crippen molar-refractivity contribution in [3.05, 3.63) is 78.0 Å². The fourth-order valence-electron chi connectivity index (χ4n) is 2.08. The highest BCUT2D eigenvalue weighted by Crippen LogP contribution is 2.13. The molecule has 0 saturated heterocycles. The van der Waals surface area contributed by atoms with E-state index in [1.807, 2.05) is 42.6 Å². The van der Waals surface area contributed by atoms with Gasteiger partial charge in [0, 0.05) is 17.1 Å². The summed E-state index contributed by atoms with van der Waals surface area (Å²) in [4.78, 5) is 4.40. The van der Waals surface area contributed by atoms with Crippen molar-refractivity contribution >= 4 is 17.1 Å². The standard InChI is InChI=1S/C17H15N3/c1-2-6-14(7-3-1)12-19-20-13-16-9-4-8-15-10-5-11-18-17(15)16/h1-11,13,19H,12H2. The Balaban J connectivity index is 1.72. The van der Waals surface area contributed by atoms with Crippen LogP contribution in [0.2, 0.25) is 0 Å². The van der Waals surface area contributed by atoms with Gasteiger partial charge in [-0.3, -0.25) is 4.98 Å². The molecular weight excluding hydrogens is 246 g/mol. The number of hydrogen-bond donors (Lipinski definition) is 1. The quantitative estimate of drug-likeness (QED) is 0.577. The fraction of sp³-hybridized carbons (Fsp3) is 0.0588. The van der Waals surface area contributed by atoms with E-state index in [4.69, 9.17) is 0 Å². The molecule has 0 aliphatic rings. The zero-order valence-electron chi connectivity index (χ0n) is 11.0. The number of rotatable bonds is 4. The topological polar surface area (TPSA) is 37.3 Å².